The fraction of sp³-hybridized carbons (Fsp3) is 0.385. The van der Waals surface area contributed by atoms with Gasteiger partial charge in [0.05, 0.1) is 42.4 Å². The van der Waals surface area contributed by atoms with E-state index in [4.69, 9.17) is 25.8 Å². The number of aromatic nitrogens is 1. The van der Waals surface area contributed by atoms with Gasteiger partial charge in [-0.1, -0.05) is 63.2 Å². The maximum absolute atomic E-state index is 14.1. The highest BCUT2D eigenvalue weighted by atomic mass is 35.5. The lowest BCUT2D eigenvalue weighted by atomic mass is 9.85. The number of thiazole rings is 1. The van der Waals surface area contributed by atoms with Gasteiger partial charge in [-0.15, -0.1) is 22.9 Å². The molecular formula is C52H61ClN6O9S. The van der Waals surface area contributed by atoms with Crippen molar-refractivity contribution in [2.75, 3.05) is 37.6 Å². The summed E-state index contributed by atoms with van der Waals surface area (Å²) >= 11 is 7.43. The van der Waals surface area contributed by atoms with Crippen molar-refractivity contribution in [2.45, 2.75) is 91.1 Å². The van der Waals surface area contributed by atoms with E-state index in [1.54, 1.807) is 62.6 Å². The average Bonchev–Trinajstić information content (AvgIpc) is 3.97. The number of nitrogens with zero attached hydrogens (tertiary/aromatic N) is 3. The second kappa shape index (κ2) is 24.7. The summed E-state index contributed by atoms with van der Waals surface area (Å²) in [6, 6.07) is 27.9. The van der Waals surface area contributed by atoms with Crippen molar-refractivity contribution in [1.82, 2.24) is 25.8 Å². The van der Waals surface area contributed by atoms with Crippen LogP contribution in [0.2, 0.25) is 0 Å². The van der Waals surface area contributed by atoms with Crippen molar-refractivity contribution < 1.29 is 43.3 Å². The zero-order valence-corrected chi connectivity index (χ0v) is 41.2. The summed E-state index contributed by atoms with van der Waals surface area (Å²) < 4.78 is 17.5. The predicted molar refractivity (Wildman–Crippen MR) is 266 cm³/mol. The van der Waals surface area contributed by atoms with Crippen LogP contribution in [0.5, 0.6) is 23.0 Å². The largest absolute Gasteiger partial charge is 0.496 e. The number of nitrogens with one attached hydrogen (secondary N) is 3. The molecule has 17 heteroatoms. The molecule has 1 aliphatic rings. The number of unbranched alkanes of at least 4 members (excludes halogenated alkanes) is 1. The number of aliphatic hydroxyl groups excluding tert-OH is 1. The number of hydrogen-bond acceptors (Lipinski definition) is 11. The number of halogens is 1. The molecule has 1 fully saturated rings. The first-order chi connectivity index (χ1) is 33.1. The highest BCUT2D eigenvalue weighted by Gasteiger charge is 2.44. The highest BCUT2D eigenvalue weighted by molar-refractivity contribution is 7.13. The molecule has 4 N–H and O–H groups in total. The number of β-amino-alcohol motifs (C(OH)–C–C–N with tert-alkyl or cyclic N) is 1. The van der Waals surface area contributed by atoms with Gasteiger partial charge >= 0.3 is 0 Å². The lowest BCUT2D eigenvalue weighted by molar-refractivity contribution is -0.144. The molecule has 0 radical (unpaired) electrons. The zero-order valence-electron chi connectivity index (χ0n) is 39.7. The van der Waals surface area contributed by atoms with Gasteiger partial charge in [-0.25, -0.2) is 4.98 Å². The van der Waals surface area contributed by atoms with E-state index in [1.165, 1.54) is 16.2 Å². The van der Waals surface area contributed by atoms with Crippen molar-refractivity contribution in [3.63, 3.8) is 0 Å². The van der Waals surface area contributed by atoms with Gasteiger partial charge in [0.2, 0.25) is 29.5 Å². The van der Waals surface area contributed by atoms with Gasteiger partial charge in [0.15, 0.2) is 0 Å². The molecule has 1 aromatic heterocycles. The maximum Gasteiger partial charge on any atom is 0.246 e. The number of aryl methyl sites for hydroxylation is 1. The van der Waals surface area contributed by atoms with E-state index in [2.05, 4.69) is 20.9 Å². The first-order valence-electron chi connectivity index (χ1n) is 22.9. The number of aliphatic hydroxyl groups is 1. The minimum absolute atomic E-state index is 0.0490. The lowest BCUT2D eigenvalue weighted by Gasteiger charge is -2.35. The van der Waals surface area contributed by atoms with Gasteiger partial charge in [0.25, 0.3) is 0 Å². The number of alkyl halides is 1. The number of methoxy groups -OCH3 is 1. The third-order valence-electron chi connectivity index (χ3n) is 11.6. The molecule has 5 aromatic rings. The normalized spacial score (nSPS) is 14.9. The lowest BCUT2D eigenvalue weighted by Crippen LogP contribution is -2.57. The number of carbonyl (C=O) groups excluding carboxylic acids is 5. The summed E-state index contributed by atoms with van der Waals surface area (Å²) in [6.45, 7) is 8.65. The average molecular weight is 982 g/mol. The summed E-state index contributed by atoms with van der Waals surface area (Å²) in [5.74, 6) is 0.446. The summed E-state index contributed by atoms with van der Waals surface area (Å²) in [5, 5.41) is 19.2. The first-order valence-corrected chi connectivity index (χ1v) is 24.4. The van der Waals surface area contributed by atoms with Gasteiger partial charge in [-0.2, -0.15) is 0 Å². The summed E-state index contributed by atoms with van der Waals surface area (Å²) in [7, 11) is 1.56. The number of benzene rings is 4. The van der Waals surface area contributed by atoms with E-state index in [0.717, 1.165) is 27.3 Å². The number of anilines is 1. The third-order valence-corrected chi connectivity index (χ3v) is 12.8. The number of carbonyl (C=O) groups is 5. The summed E-state index contributed by atoms with van der Waals surface area (Å²) in [5.41, 5.74) is 5.34. The fourth-order valence-electron chi connectivity index (χ4n) is 7.82. The number of ether oxygens (including phenoxy) is 3. The first kappa shape index (κ1) is 51.9. The quantitative estimate of drug-likeness (QED) is 0.0398. The highest BCUT2D eigenvalue weighted by Crippen LogP contribution is 2.33. The molecule has 1 aliphatic heterocycles. The van der Waals surface area contributed by atoms with Crippen LogP contribution in [0.3, 0.4) is 0 Å². The predicted octanol–water partition coefficient (Wildman–Crippen LogP) is 7.56. The van der Waals surface area contributed by atoms with Crippen molar-refractivity contribution in [3.05, 3.63) is 119 Å². The third kappa shape index (κ3) is 14.8. The van der Waals surface area contributed by atoms with Crippen LogP contribution in [0.25, 0.3) is 10.4 Å². The van der Waals surface area contributed by atoms with Gasteiger partial charge < -0.3 is 45.1 Å². The minimum Gasteiger partial charge on any atom is -0.496 e. The molecule has 3 atom stereocenters. The van der Waals surface area contributed by atoms with Gasteiger partial charge in [0.1, 0.15) is 41.0 Å². The molecular weight excluding hydrogens is 920 g/mol. The molecule has 69 heavy (non-hydrogen) atoms. The Morgan fingerprint density at radius 1 is 0.899 bits per heavy atom. The molecule has 4 aromatic carbocycles. The van der Waals surface area contributed by atoms with Crippen LogP contribution < -0.4 is 35.1 Å². The van der Waals surface area contributed by atoms with Crippen LogP contribution in [-0.4, -0.2) is 95.4 Å². The monoisotopic (exact) mass is 980 g/mol. The van der Waals surface area contributed by atoms with Crippen LogP contribution in [-0.2, 0) is 37.1 Å². The Labute approximate surface area is 412 Å². The smallest absolute Gasteiger partial charge is 0.246 e. The van der Waals surface area contributed by atoms with E-state index in [9.17, 15) is 29.1 Å². The minimum atomic E-state index is -1.02. The maximum atomic E-state index is 14.1. The molecule has 5 amide bonds. The molecule has 15 nitrogen and oxygen atoms in total. The van der Waals surface area contributed by atoms with E-state index in [0.29, 0.717) is 61.2 Å². The Bertz CT molecular complexity index is 2520. The number of amides is 5. The molecule has 2 unspecified atom stereocenters. The van der Waals surface area contributed by atoms with Crippen molar-refractivity contribution >= 4 is 58.2 Å². The molecule has 6 rings (SSSR count). The van der Waals surface area contributed by atoms with E-state index >= 15 is 0 Å². The number of likely N-dealkylation sites (tertiary alicyclic amines) is 1. The van der Waals surface area contributed by atoms with Crippen LogP contribution >= 0.6 is 22.9 Å². The number of hydrogen-bond donors (Lipinski definition) is 4. The van der Waals surface area contributed by atoms with Gasteiger partial charge in [-0.3, -0.25) is 24.0 Å². The van der Waals surface area contributed by atoms with Crippen molar-refractivity contribution in [3.8, 4) is 33.4 Å². The van der Waals surface area contributed by atoms with Crippen LogP contribution in [0.15, 0.2) is 103 Å². The zero-order chi connectivity index (χ0) is 49.5. The number of rotatable bonds is 22. The molecule has 0 bridgehead atoms. The molecule has 0 spiro atoms. The molecule has 366 valence electrons. The van der Waals surface area contributed by atoms with Crippen LogP contribution in [0.4, 0.5) is 5.69 Å². The van der Waals surface area contributed by atoms with Crippen molar-refractivity contribution in [2.24, 2.45) is 5.41 Å². The Morgan fingerprint density at radius 2 is 1.58 bits per heavy atom. The SMILES string of the molecule is COc1cc(-c2scnc2C)ccc1CNC(=O)C1C[C@@H](O)CN1C(=O)C(NC(=O)CCC(=O)NCCCCOc1ccc(Oc2ccc(N(Cc3ccccc3)C(=O)CCl)cc2)cc1)C(C)(C)C. The van der Waals surface area contributed by atoms with Crippen molar-refractivity contribution in [1.29, 1.82) is 0 Å². The topological polar surface area (TPSA) is 189 Å². The molecule has 1 saturated heterocycles. The summed E-state index contributed by atoms with van der Waals surface area (Å²) in [4.78, 5) is 74.4. The summed E-state index contributed by atoms with van der Waals surface area (Å²) in [6.07, 6.45) is 0.240. The Morgan fingerprint density at radius 3 is 2.23 bits per heavy atom. The van der Waals surface area contributed by atoms with Crippen LogP contribution in [0.1, 0.15) is 69.7 Å². The Kier molecular flexibility index (Phi) is 18.6. The molecule has 2 heterocycles. The van der Waals surface area contributed by atoms with E-state index < -0.39 is 41.3 Å². The Hall–Kier alpha value is -6.49. The fourth-order valence-corrected chi connectivity index (χ4v) is 8.77. The Balaban J connectivity index is 0.889. The molecule has 0 saturated carbocycles. The van der Waals surface area contributed by atoms with Gasteiger partial charge in [-0.05, 0) is 90.9 Å². The van der Waals surface area contributed by atoms with E-state index in [1.807, 2.05) is 79.7 Å². The second-order valence-electron chi connectivity index (χ2n) is 17.8. The standard InChI is InChI=1S/C52H61ClN6O9S/c1-34-48(69-33-56-34)36-13-14-37(44(27-36)66-5)30-55-50(64)43-28-39(60)32-59(43)51(65)49(52(2,3)4)57-46(62)24-23-45(61)54-25-9-10-26-67-40-19-21-42(22-20-40)68-41-17-15-38(16-18-41)58(47(63)29-53)31-35-11-7-6-8-12-35/h6-8,11-22,27,33,39,43,49,60H,9-10,23-26,28-32H2,1-5H3,(H,54,61)(H,55,64)(H,57,62)/t39-,43?,49?/m1/s1. The van der Waals surface area contributed by atoms with Crippen LogP contribution in [0, 0.1) is 12.3 Å². The molecule has 0 aliphatic carbocycles. The van der Waals surface area contributed by atoms with Gasteiger partial charge in [0, 0.05) is 50.1 Å². The second-order valence-corrected chi connectivity index (χ2v) is 19.0. The van der Waals surface area contributed by atoms with E-state index in [-0.39, 0.29) is 50.0 Å².